The smallest absolute Gasteiger partial charge is 0.310 e. The summed E-state index contributed by atoms with van der Waals surface area (Å²) in [5, 5.41) is 16.4. The van der Waals surface area contributed by atoms with Crippen LogP contribution in [0.3, 0.4) is 0 Å². The average Bonchev–Trinajstić information content (AvgIpc) is 2.38. The third-order valence-corrected chi connectivity index (χ3v) is 2.82. The van der Waals surface area contributed by atoms with Crippen molar-refractivity contribution in [2.45, 2.75) is 78.1 Å². The first-order valence-corrected chi connectivity index (χ1v) is 7.80. The summed E-state index contributed by atoms with van der Waals surface area (Å²) >= 11 is 0. The Kier molecular flexibility index (Phi) is 22.2. The SMILES string of the molecule is CCCCCC(=O)CC(=O)O.CCCCCC(=O)CC(=O)O.[Ti]. The largest absolute Gasteiger partial charge is 0.481 e. The molecule has 0 saturated carbocycles. The first-order valence-electron chi connectivity index (χ1n) is 7.80. The van der Waals surface area contributed by atoms with E-state index in [4.69, 9.17) is 10.2 Å². The molecule has 0 radical (unpaired) electrons. The summed E-state index contributed by atoms with van der Waals surface area (Å²) in [7, 11) is 0. The molecule has 0 spiro atoms. The minimum absolute atomic E-state index is 0. The summed E-state index contributed by atoms with van der Waals surface area (Å²) in [5.74, 6) is -2.37. The van der Waals surface area contributed by atoms with Crippen molar-refractivity contribution in [3.63, 3.8) is 0 Å². The number of Topliss-reactive ketones (excluding diaryl/α,β-unsaturated/α-hetero) is 2. The molecular weight excluding hydrogens is 336 g/mol. The molecule has 0 aromatic rings. The molecular formula is C16H28O6Ti. The Morgan fingerprint density at radius 3 is 1.17 bits per heavy atom. The van der Waals surface area contributed by atoms with Crippen LogP contribution in [-0.2, 0) is 40.9 Å². The fraction of sp³-hybridized carbons (Fsp3) is 0.750. The standard InChI is InChI=1S/2C8H14O3.Ti/c2*1-2-3-4-5-7(9)6-8(10)11;/h2*2-6H2,1H3,(H,10,11);. The van der Waals surface area contributed by atoms with Crippen LogP contribution in [-0.4, -0.2) is 33.7 Å². The molecule has 0 aromatic heterocycles. The summed E-state index contributed by atoms with van der Waals surface area (Å²) in [6.07, 6.45) is 5.97. The molecule has 0 saturated heterocycles. The number of hydrogen-bond donors (Lipinski definition) is 2. The van der Waals surface area contributed by atoms with Crippen LogP contribution in [0.4, 0.5) is 0 Å². The number of unbranched alkanes of at least 4 members (excludes halogenated alkanes) is 4. The van der Waals surface area contributed by atoms with E-state index in [2.05, 4.69) is 0 Å². The van der Waals surface area contributed by atoms with Gasteiger partial charge in [0.15, 0.2) is 0 Å². The van der Waals surface area contributed by atoms with Crippen molar-refractivity contribution in [3.05, 3.63) is 0 Å². The number of hydrogen-bond acceptors (Lipinski definition) is 4. The van der Waals surface area contributed by atoms with Gasteiger partial charge in [0, 0.05) is 34.6 Å². The van der Waals surface area contributed by atoms with E-state index in [9.17, 15) is 19.2 Å². The third kappa shape index (κ3) is 26.2. The summed E-state index contributed by atoms with van der Waals surface area (Å²) in [5.41, 5.74) is 0. The molecule has 0 amide bonds. The number of aliphatic carboxylic acids is 2. The van der Waals surface area contributed by atoms with Crippen molar-refractivity contribution in [1.82, 2.24) is 0 Å². The maximum absolute atomic E-state index is 10.7. The molecule has 23 heavy (non-hydrogen) atoms. The van der Waals surface area contributed by atoms with Crippen LogP contribution < -0.4 is 0 Å². The zero-order chi connectivity index (χ0) is 17.4. The number of rotatable bonds is 12. The van der Waals surface area contributed by atoms with E-state index in [1.54, 1.807) is 0 Å². The molecule has 132 valence electrons. The van der Waals surface area contributed by atoms with Crippen LogP contribution in [0, 0.1) is 0 Å². The first-order chi connectivity index (χ1) is 10.3. The number of ketones is 2. The van der Waals surface area contributed by atoms with Crippen LogP contribution >= 0.6 is 0 Å². The molecule has 0 unspecified atom stereocenters. The van der Waals surface area contributed by atoms with Gasteiger partial charge in [-0.1, -0.05) is 39.5 Å². The summed E-state index contributed by atoms with van der Waals surface area (Å²) in [6, 6.07) is 0. The van der Waals surface area contributed by atoms with E-state index in [0.29, 0.717) is 12.8 Å². The molecule has 0 aliphatic carbocycles. The predicted molar refractivity (Wildman–Crippen MR) is 82.8 cm³/mol. The number of carbonyl (C=O) groups is 4. The van der Waals surface area contributed by atoms with E-state index in [0.717, 1.165) is 38.5 Å². The minimum Gasteiger partial charge on any atom is -0.481 e. The Morgan fingerprint density at radius 1 is 0.652 bits per heavy atom. The molecule has 0 aromatic carbocycles. The molecule has 0 fully saturated rings. The Balaban J connectivity index is -0.000000333. The van der Waals surface area contributed by atoms with E-state index >= 15 is 0 Å². The second kappa shape index (κ2) is 19.0. The van der Waals surface area contributed by atoms with Crippen LogP contribution in [0.2, 0.25) is 0 Å². The summed E-state index contributed by atoms with van der Waals surface area (Å²) < 4.78 is 0. The van der Waals surface area contributed by atoms with Crippen LogP contribution in [0.1, 0.15) is 78.1 Å². The third-order valence-electron chi connectivity index (χ3n) is 2.82. The van der Waals surface area contributed by atoms with Crippen molar-refractivity contribution < 1.29 is 51.1 Å². The number of carboxylic acids is 2. The van der Waals surface area contributed by atoms with Gasteiger partial charge < -0.3 is 10.2 Å². The van der Waals surface area contributed by atoms with Crippen molar-refractivity contribution in [2.24, 2.45) is 0 Å². The van der Waals surface area contributed by atoms with Crippen LogP contribution in [0.15, 0.2) is 0 Å². The monoisotopic (exact) mass is 364 g/mol. The zero-order valence-electron chi connectivity index (χ0n) is 14.1. The maximum atomic E-state index is 10.7. The topological polar surface area (TPSA) is 109 Å². The maximum Gasteiger partial charge on any atom is 0.310 e. The Morgan fingerprint density at radius 2 is 0.957 bits per heavy atom. The van der Waals surface area contributed by atoms with Crippen molar-refractivity contribution in [2.75, 3.05) is 0 Å². The zero-order valence-corrected chi connectivity index (χ0v) is 15.7. The Bertz CT molecular complexity index is 320. The van der Waals surface area contributed by atoms with Gasteiger partial charge >= 0.3 is 11.9 Å². The quantitative estimate of drug-likeness (QED) is 0.313. The molecule has 7 heteroatoms. The summed E-state index contributed by atoms with van der Waals surface area (Å²) in [4.78, 5) is 41.5. The van der Waals surface area contributed by atoms with Crippen molar-refractivity contribution >= 4 is 23.5 Å². The Hall–Kier alpha value is -1.01. The molecule has 2 N–H and O–H groups in total. The second-order valence-electron chi connectivity index (χ2n) is 5.13. The van der Waals surface area contributed by atoms with Gasteiger partial charge in [-0.3, -0.25) is 19.2 Å². The fourth-order valence-corrected chi connectivity index (χ4v) is 1.66. The second-order valence-corrected chi connectivity index (χ2v) is 5.13. The molecule has 6 nitrogen and oxygen atoms in total. The molecule has 0 aliphatic rings. The predicted octanol–water partition coefficient (Wildman–Crippen LogP) is 3.22. The molecule has 0 aliphatic heterocycles. The Labute approximate surface area is 152 Å². The van der Waals surface area contributed by atoms with Crippen LogP contribution in [0.5, 0.6) is 0 Å². The van der Waals surface area contributed by atoms with Gasteiger partial charge in [-0.2, -0.15) is 0 Å². The number of carboxylic acid groups (broad SMARTS) is 2. The van der Waals surface area contributed by atoms with Gasteiger partial charge in [-0.05, 0) is 12.8 Å². The van der Waals surface area contributed by atoms with E-state index in [-0.39, 0.29) is 46.1 Å². The van der Waals surface area contributed by atoms with Gasteiger partial charge in [-0.25, -0.2) is 0 Å². The molecule has 0 heterocycles. The van der Waals surface area contributed by atoms with E-state index in [1.807, 2.05) is 13.8 Å². The normalized spacial score (nSPS) is 9.13. The van der Waals surface area contributed by atoms with Crippen molar-refractivity contribution in [3.8, 4) is 0 Å². The number of carbonyl (C=O) groups excluding carboxylic acids is 2. The van der Waals surface area contributed by atoms with E-state index in [1.165, 1.54) is 0 Å². The van der Waals surface area contributed by atoms with Gasteiger partial charge in [-0.15, -0.1) is 0 Å². The van der Waals surface area contributed by atoms with Gasteiger partial charge in [0.2, 0.25) is 0 Å². The summed E-state index contributed by atoms with van der Waals surface area (Å²) in [6.45, 7) is 4.09. The van der Waals surface area contributed by atoms with Crippen molar-refractivity contribution in [1.29, 1.82) is 0 Å². The molecule has 0 atom stereocenters. The molecule has 0 bridgehead atoms. The first kappa shape index (κ1) is 26.9. The van der Waals surface area contributed by atoms with Gasteiger partial charge in [0.25, 0.3) is 0 Å². The minimum atomic E-state index is -1.02. The van der Waals surface area contributed by atoms with Crippen LogP contribution in [0.25, 0.3) is 0 Å². The average molecular weight is 364 g/mol. The van der Waals surface area contributed by atoms with Gasteiger partial charge in [0.05, 0.1) is 0 Å². The molecule has 0 rings (SSSR count). The fourth-order valence-electron chi connectivity index (χ4n) is 1.66. The van der Waals surface area contributed by atoms with E-state index < -0.39 is 11.9 Å². The van der Waals surface area contributed by atoms with Gasteiger partial charge in [0.1, 0.15) is 24.4 Å².